The monoisotopic (exact) mass is 273 g/mol. The fourth-order valence-corrected chi connectivity index (χ4v) is 3.48. The lowest BCUT2D eigenvalue weighted by Crippen LogP contribution is -2.56. The van der Waals surface area contributed by atoms with E-state index in [0.717, 1.165) is 37.1 Å². The highest BCUT2D eigenvalue weighted by Gasteiger charge is 2.40. The fraction of sp³-hybridized carbons (Fsp3) is 0.500. The summed E-state index contributed by atoms with van der Waals surface area (Å²) in [7, 11) is 0. The van der Waals surface area contributed by atoms with Crippen molar-refractivity contribution in [3.05, 3.63) is 35.4 Å². The second-order valence-electron chi connectivity index (χ2n) is 5.77. The summed E-state index contributed by atoms with van der Waals surface area (Å²) < 4.78 is 0. The lowest BCUT2D eigenvalue weighted by molar-refractivity contribution is -0.137. The van der Waals surface area contributed by atoms with Crippen LogP contribution in [0.2, 0.25) is 0 Å². The number of fused-ring (bicyclic) bond motifs is 3. The van der Waals surface area contributed by atoms with Crippen molar-refractivity contribution in [1.82, 2.24) is 4.90 Å². The summed E-state index contributed by atoms with van der Waals surface area (Å²) in [6.45, 7) is 2.00. The number of hydrogen-bond acceptors (Lipinski definition) is 3. The zero-order valence-electron chi connectivity index (χ0n) is 11.4. The molecule has 4 rings (SSSR count). The van der Waals surface area contributed by atoms with Crippen molar-refractivity contribution in [2.75, 3.05) is 13.1 Å². The third-order valence-corrected chi connectivity index (χ3v) is 4.57. The normalized spacial score (nSPS) is 28.6. The third kappa shape index (κ3) is 2.48. The van der Waals surface area contributed by atoms with E-state index in [1.165, 1.54) is 0 Å². The molecule has 1 atom stereocenters. The topological polar surface area (TPSA) is 57.6 Å². The van der Waals surface area contributed by atoms with Gasteiger partial charge in [0.1, 0.15) is 0 Å². The number of benzene rings is 1. The number of hydrogen-bond donors (Lipinski definition) is 1. The lowest BCUT2D eigenvalue weighted by atomic mass is 9.79. The number of piperidine rings is 3. The molecule has 3 aliphatic heterocycles. The molecule has 0 spiro atoms. The molecule has 1 aromatic rings. The molecule has 2 bridgehead atoms. The van der Waals surface area contributed by atoms with Gasteiger partial charge in [0.15, 0.2) is 5.78 Å². The molecular formula is C16H19NO3. The third-order valence-electron chi connectivity index (χ3n) is 4.57. The largest absolute Gasteiger partial charge is 0.481 e. The van der Waals surface area contributed by atoms with Crippen molar-refractivity contribution in [2.24, 2.45) is 5.92 Å². The van der Waals surface area contributed by atoms with Crippen LogP contribution in [0.4, 0.5) is 0 Å². The van der Waals surface area contributed by atoms with E-state index in [-0.39, 0.29) is 18.4 Å². The van der Waals surface area contributed by atoms with Gasteiger partial charge in [0.05, 0.1) is 12.5 Å². The number of carboxylic acid groups (broad SMARTS) is 1. The van der Waals surface area contributed by atoms with Gasteiger partial charge in [-0.3, -0.25) is 14.5 Å². The maximum Gasteiger partial charge on any atom is 0.307 e. The number of rotatable bonds is 4. The molecule has 1 N–H and O–H groups in total. The minimum absolute atomic E-state index is 0.0283. The Morgan fingerprint density at radius 2 is 1.85 bits per heavy atom. The van der Waals surface area contributed by atoms with Crippen LogP contribution in [-0.2, 0) is 22.4 Å². The van der Waals surface area contributed by atoms with Gasteiger partial charge in [-0.25, -0.2) is 0 Å². The summed E-state index contributed by atoms with van der Waals surface area (Å²) in [6.07, 6.45) is 2.66. The Morgan fingerprint density at radius 3 is 2.45 bits per heavy atom. The number of carbonyl (C=O) groups is 2. The molecule has 106 valence electrons. The molecule has 0 aliphatic carbocycles. The maximum atomic E-state index is 12.4. The van der Waals surface area contributed by atoms with Gasteiger partial charge in [-0.1, -0.05) is 24.3 Å². The van der Waals surface area contributed by atoms with E-state index >= 15 is 0 Å². The highest BCUT2D eigenvalue weighted by atomic mass is 16.4. The van der Waals surface area contributed by atoms with Crippen LogP contribution < -0.4 is 0 Å². The first-order valence-electron chi connectivity index (χ1n) is 7.21. The number of carboxylic acids is 1. The van der Waals surface area contributed by atoms with E-state index in [1.54, 1.807) is 0 Å². The number of aliphatic carboxylic acids is 1. The van der Waals surface area contributed by atoms with Crippen LogP contribution in [0.25, 0.3) is 0 Å². The first kappa shape index (κ1) is 13.3. The molecule has 0 aromatic heterocycles. The smallest absolute Gasteiger partial charge is 0.307 e. The Balaban J connectivity index is 1.81. The summed E-state index contributed by atoms with van der Waals surface area (Å²) in [5.74, 6) is -0.237. The molecule has 0 radical (unpaired) electrons. The van der Waals surface area contributed by atoms with Crippen LogP contribution in [0.15, 0.2) is 24.3 Å². The Labute approximate surface area is 118 Å². The molecule has 4 heteroatoms. The van der Waals surface area contributed by atoms with Gasteiger partial charge in [-0.15, -0.1) is 0 Å². The average Bonchev–Trinajstić information content (AvgIpc) is 2.44. The molecule has 20 heavy (non-hydrogen) atoms. The van der Waals surface area contributed by atoms with E-state index in [1.807, 2.05) is 24.3 Å². The van der Waals surface area contributed by atoms with Crippen LogP contribution in [0.5, 0.6) is 0 Å². The van der Waals surface area contributed by atoms with Gasteiger partial charge in [-0.05, 0) is 43.5 Å². The zero-order chi connectivity index (χ0) is 14.1. The summed E-state index contributed by atoms with van der Waals surface area (Å²) in [6, 6.07) is 7.54. The number of nitrogens with zero attached hydrogens (tertiary/aromatic N) is 1. The van der Waals surface area contributed by atoms with Crippen LogP contribution >= 0.6 is 0 Å². The first-order chi connectivity index (χ1) is 9.65. The molecule has 1 unspecified atom stereocenters. The molecule has 3 aliphatic rings. The summed E-state index contributed by atoms with van der Waals surface area (Å²) in [4.78, 5) is 25.6. The second-order valence-corrected chi connectivity index (χ2v) is 5.77. The molecule has 3 saturated heterocycles. The highest BCUT2D eigenvalue weighted by molar-refractivity contribution is 5.88. The summed E-state index contributed by atoms with van der Waals surface area (Å²) in [5.41, 5.74) is 1.83. The second kappa shape index (κ2) is 5.37. The van der Waals surface area contributed by atoms with E-state index < -0.39 is 5.97 Å². The molecule has 3 fully saturated rings. The summed E-state index contributed by atoms with van der Waals surface area (Å²) in [5, 5.41) is 8.98. The van der Waals surface area contributed by atoms with Crippen molar-refractivity contribution in [3.8, 4) is 0 Å². The van der Waals surface area contributed by atoms with Crippen LogP contribution in [0, 0.1) is 5.92 Å². The maximum absolute atomic E-state index is 12.4. The van der Waals surface area contributed by atoms with Gasteiger partial charge in [-0.2, -0.15) is 0 Å². The Kier molecular flexibility index (Phi) is 3.57. The Bertz CT molecular complexity index is 532. The SMILES string of the molecule is O=C(O)Cc1ccccc1CC1C(=O)C2CCN1CC2. The van der Waals surface area contributed by atoms with Gasteiger partial charge in [0, 0.05) is 5.92 Å². The Hall–Kier alpha value is -1.68. The Morgan fingerprint density at radius 1 is 1.20 bits per heavy atom. The van der Waals surface area contributed by atoms with E-state index in [4.69, 9.17) is 5.11 Å². The summed E-state index contributed by atoms with van der Waals surface area (Å²) >= 11 is 0. The minimum atomic E-state index is -0.825. The van der Waals surface area contributed by atoms with Gasteiger partial charge < -0.3 is 5.11 Å². The van der Waals surface area contributed by atoms with Gasteiger partial charge >= 0.3 is 5.97 Å². The molecular weight excluding hydrogens is 254 g/mol. The van der Waals surface area contributed by atoms with E-state index in [0.29, 0.717) is 12.2 Å². The minimum Gasteiger partial charge on any atom is -0.481 e. The highest BCUT2D eigenvalue weighted by Crippen LogP contribution is 2.31. The quantitative estimate of drug-likeness (QED) is 0.903. The van der Waals surface area contributed by atoms with Gasteiger partial charge in [0.25, 0.3) is 0 Å². The standard InChI is InChI=1S/C16H19NO3/c18-15(19)10-13-4-2-1-3-12(13)9-14-16(20)11-5-7-17(14)8-6-11/h1-4,11,14H,5-10H2,(H,18,19). The van der Waals surface area contributed by atoms with Crippen molar-refractivity contribution in [2.45, 2.75) is 31.7 Å². The predicted molar refractivity (Wildman–Crippen MR) is 74.6 cm³/mol. The molecule has 3 heterocycles. The van der Waals surface area contributed by atoms with Crippen molar-refractivity contribution < 1.29 is 14.7 Å². The van der Waals surface area contributed by atoms with Crippen LogP contribution in [-0.4, -0.2) is 40.9 Å². The van der Waals surface area contributed by atoms with E-state index in [9.17, 15) is 9.59 Å². The average molecular weight is 273 g/mol. The number of ketones is 1. The van der Waals surface area contributed by atoms with Crippen LogP contribution in [0.1, 0.15) is 24.0 Å². The first-order valence-corrected chi connectivity index (χ1v) is 7.21. The van der Waals surface area contributed by atoms with Crippen LogP contribution in [0.3, 0.4) is 0 Å². The molecule has 4 nitrogen and oxygen atoms in total. The molecule has 0 saturated carbocycles. The van der Waals surface area contributed by atoms with Gasteiger partial charge in [0.2, 0.25) is 0 Å². The number of carbonyl (C=O) groups excluding carboxylic acids is 1. The van der Waals surface area contributed by atoms with Crippen molar-refractivity contribution in [3.63, 3.8) is 0 Å². The lowest BCUT2D eigenvalue weighted by Gasteiger charge is -2.44. The van der Waals surface area contributed by atoms with Crippen molar-refractivity contribution in [1.29, 1.82) is 0 Å². The molecule has 1 aromatic carbocycles. The molecule has 0 amide bonds. The fourth-order valence-electron chi connectivity index (χ4n) is 3.48. The van der Waals surface area contributed by atoms with Crippen molar-refractivity contribution >= 4 is 11.8 Å². The number of Topliss-reactive ketones (excluding diaryl/α,β-unsaturated/α-hetero) is 1. The predicted octanol–water partition coefficient (Wildman–Crippen LogP) is 1.52. The van der Waals surface area contributed by atoms with E-state index in [2.05, 4.69) is 4.90 Å². The zero-order valence-corrected chi connectivity index (χ0v) is 11.4.